The van der Waals surface area contributed by atoms with Gasteiger partial charge in [0.1, 0.15) is 24.4 Å². The van der Waals surface area contributed by atoms with Crippen LogP contribution in [0, 0.1) is 0 Å². The summed E-state index contributed by atoms with van der Waals surface area (Å²) in [5, 5.41) is 5.47. The van der Waals surface area contributed by atoms with Gasteiger partial charge < -0.3 is 24.9 Å². The zero-order valence-corrected chi connectivity index (χ0v) is 17.3. The molecule has 1 aliphatic heterocycles. The van der Waals surface area contributed by atoms with E-state index in [9.17, 15) is 14.4 Å². The van der Waals surface area contributed by atoms with Crippen molar-refractivity contribution in [2.45, 2.75) is 58.0 Å². The van der Waals surface area contributed by atoms with Gasteiger partial charge in [0.15, 0.2) is 17.0 Å². The van der Waals surface area contributed by atoms with E-state index in [-0.39, 0.29) is 37.2 Å². The van der Waals surface area contributed by atoms with Crippen molar-refractivity contribution >= 4 is 34.6 Å². The third kappa shape index (κ3) is 4.97. The molecule has 3 rings (SSSR count). The van der Waals surface area contributed by atoms with Gasteiger partial charge in [-0.3, -0.25) is 14.2 Å². The fourth-order valence-electron chi connectivity index (χ4n) is 3.35. The first-order valence-electron chi connectivity index (χ1n) is 9.89. The lowest BCUT2D eigenvalue weighted by Crippen LogP contribution is -2.26. The zero-order chi connectivity index (χ0) is 21.7. The number of nitrogens with one attached hydrogen (secondary N) is 2. The predicted molar refractivity (Wildman–Crippen MR) is 106 cm³/mol. The second kappa shape index (κ2) is 9.72. The number of carbonyl (C=O) groups excluding carboxylic acids is 3. The zero-order valence-electron chi connectivity index (χ0n) is 17.3. The normalized spacial score (nSPS) is 21.0. The molecule has 0 unspecified atom stereocenters. The van der Waals surface area contributed by atoms with Crippen LogP contribution in [-0.2, 0) is 23.9 Å². The van der Waals surface area contributed by atoms with Crippen molar-refractivity contribution in [3.63, 3.8) is 0 Å². The first-order chi connectivity index (χ1) is 14.4. The van der Waals surface area contributed by atoms with Crippen molar-refractivity contribution in [3.05, 3.63) is 12.7 Å². The van der Waals surface area contributed by atoms with Crippen LogP contribution in [0.15, 0.2) is 12.7 Å². The number of Topliss-reactive ketones (excluding diaryl/α,β-unsaturated/α-hetero) is 1. The van der Waals surface area contributed by atoms with Gasteiger partial charge in [-0.05, 0) is 20.4 Å². The summed E-state index contributed by atoms with van der Waals surface area (Å²) < 4.78 is 13.4. The molecule has 1 saturated heterocycles. The molecule has 2 N–H and O–H groups in total. The Kier molecular flexibility index (Phi) is 7.06. The van der Waals surface area contributed by atoms with Crippen molar-refractivity contribution in [1.82, 2.24) is 24.8 Å². The minimum Gasteiger partial charge on any atom is -0.459 e. The lowest BCUT2D eigenvalue weighted by molar-refractivity contribution is -0.152. The number of ether oxygens (including phenoxy) is 2. The van der Waals surface area contributed by atoms with Gasteiger partial charge in [-0.25, -0.2) is 15.0 Å². The van der Waals surface area contributed by atoms with Crippen LogP contribution in [0.3, 0.4) is 0 Å². The summed E-state index contributed by atoms with van der Waals surface area (Å²) >= 11 is 0. The number of aromatic nitrogens is 4. The van der Waals surface area contributed by atoms with Crippen LogP contribution >= 0.6 is 0 Å². The fourth-order valence-corrected chi connectivity index (χ4v) is 3.35. The monoisotopic (exact) mass is 418 g/mol. The van der Waals surface area contributed by atoms with E-state index in [0.29, 0.717) is 29.8 Å². The Morgan fingerprint density at radius 3 is 2.77 bits per heavy atom. The quantitative estimate of drug-likeness (QED) is 0.570. The van der Waals surface area contributed by atoms with Gasteiger partial charge in [0, 0.05) is 12.8 Å². The number of carbonyl (C=O) groups is 3. The van der Waals surface area contributed by atoms with Crippen LogP contribution in [0.5, 0.6) is 0 Å². The molecule has 30 heavy (non-hydrogen) atoms. The van der Waals surface area contributed by atoms with Crippen molar-refractivity contribution in [2.24, 2.45) is 0 Å². The van der Waals surface area contributed by atoms with Crippen molar-refractivity contribution in [3.8, 4) is 0 Å². The average molecular weight is 418 g/mol. The van der Waals surface area contributed by atoms with E-state index in [1.807, 2.05) is 6.92 Å². The molecule has 0 aliphatic carbocycles. The third-order valence-corrected chi connectivity index (χ3v) is 4.81. The molecule has 1 amide bonds. The average Bonchev–Trinajstić information content (AvgIpc) is 3.31. The standard InChI is InChI=1S/C19H26N6O5/c1-4-12-13(30-16(28)6-5-11(2)26)7-15(29-12)25-10-23-17-18(21-9-22-19(17)25)24-14(27)8-20-3/h9-10,12-13,15,20H,4-8H2,1-3H3,(H,21,22,24,27)/t12-,13-,15-/m1/s1. The lowest BCUT2D eigenvalue weighted by atomic mass is 10.1. The largest absolute Gasteiger partial charge is 0.459 e. The molecule has 0 bridgehead atoms. The number of rotatable bonds is 9. The van der Waals surface area contributed by atoms with Crippen LogP contribution in [0.2, 0.25) is 0 Å². The highest BCUT2D eigenvalue weighted by atomic mass is 16.6. The highest BCUT2D eigenvalue weighted by Gasteiger charge is 2.38. The number of hydrogen-bond donors (Lipinski definition) is 2. The maximum Gasteiger partial charge on any atom is 0.306 e. The second-order valence-corrected chi connectivity index (χ2v) is 7.13. The molecular weight excluding hydrogens is 392 g/mol. The second-order valence-electron chi connectivity index (χ2n) is 7.13. The van der Waals surface area contributed by atoms with Crippen LogP contribution in [-0.4, -0.2) is 63.0 Å². The van der Waals surface area contributed by atoms with Crippen LogP contribution in [0.1, 0.15) is 45.8 Å². The molecule has 2 aromatic rings. The molecule has 1 fully saturated rings. The van der Waals surface area contributed by atoms with E-state index < -0.39 is 18.3 Å². The summed E-state index contributed by atoms with van der Waals surface area (Å²) in [7, 11) is 1.68. The number of fused-ring (bicyclic) bond motifs is 1. The molecular formula is C19H26N6O5. The number of hydrogen-bond acceptors (Lipinski definition) is 9. The number of likely N-dealkylation sites (N-methyl/N-ethyl adjacent to an activating group) is 1. The van der Waals surface area contributed by atoms with Gasteiger partial charge in [-0.2, -0.15) is 0 Å². The van der Waals surface area contributed by atoms with E-state index in [1.165, 1.54) is 13.3 Å². The minimum atomic E-state index is -0.429. The Labute approximate surface area is 173 Å². The number of nitrogens with zero attached hydrogens (tertiary/aromatic N) is 4. The van der Waals surface area contributed by atoms with E-state index in [2.05, 4.69) is 25.6 Å². The van der Waals surface area contributed by atoms with Gasteiger partial charge in [-0.15, -0.1) is 0 Å². The number of ketones is 1. The molecule has 11 nitrogen and oxygen atoms in total. The van der Waals surface area contributed by atoms with E-state index >= 15 is 0 Å². The molecule has 2 aromatic heterocycles. The Hall–Kier alpha value is -2.92. The minimum absolute atomic E-state index is 0.0540. The Morgan fingerprint density at radius 1 is 1.27 bits per heavy atom. The molecule has 3 heterocycles. The van der Waals surface area contributed by atoms with E-state index in [0.717, 1.165) is 0 Å². The lowest BCUT2D eigenvalue weighted by Gasteiger charge is -2.17. The number of esters is 1. The molecule has 0 saturated carbocycles. The van der Waals surface area contributed by atoms with E-state index in [1.54, 1.807) is 17.9 Å². The highest BCUT2D eigenvalue weighted by molar-refractivity contribution is 5.97. The molecule has 3 atom stereocenters. The van der Waals surface area contributed by atoms with Crippen LogP contribution < -0.4 is 10.6 Å². The van der Waals surface area contributed by atoms with Gasteiger partial charge in [0.25, 0.3) is 0 Å². The summed E-state index contributed by atoms with van der Waals surface area (Å²) in [6.45, 7) is 3.54. The van der Waals surface area contributed by atoms with Crippen molar-refractivity contribution < 1.29 is 23.9 Å². The van der Waals surface area contributed by atoms with Gasteiger partial charge >= 0.3 is 5.97 Å². The van der Waals surface area contributed by atoms with Crippen LogP contribution in [0.25, 0.3) is 11.2 Å². The molecule has 0 aromatic carbocycles. The number of amides is 1. The predicted octanol–water partition coefficient (Wildman–Crippen LogP) is 0.963. The summed E-state index contributed by atoms with van der Waals surface area (Å²) in [5.41, 5.74) is 0.952. The first-order valence-corrected chi connectivity index (χ1v) is 9.89. The molecule has 162 valence electrons. The van der Waals surface area contributed by atoms with Gasteiger partial charge in [-0.1, -0.05) is 6.92 Å². The smallest absolute Gasteiger partial charge is 0.306 e. The summed E-state index contributed by atoms with van der Waals surface area (Å²) in [4.78, 5) is 47.7. The maximum absolute atomic E-state index is 12.1. The first kappa shape index (κ1) is 21.8. The highest BCUT2D eigenvalue weighted by Crippen LogP contribution is 2.34. The maximum atomic E-state index is 12.1. The molecule has 0 radical (unpaired) electrons. The molecule has 1 aliphatic rings. The molecule has 11 heteroatoms. The summed E-state index contributed by atoms with van der Waals surface area (Å²) in [5.74, 6) is -0.393. The Balaban J connectivity index is 1.75. The summed E-state index contributed by atoms with van der Waals surface area (Å²) in [6.07, 6.45) is 3.11. The number of anilines is 1. The molecule has 0 spiro atoms. The van der Waals surface area contributed by atoms with E-state index in [4.69, 9.17) is 9.47 Å². The SMILES string of the molecule is CC[C@H]1O[C@@H](n2cnc3c(NC(=O)CNC)ncnc32)C[C@H]1OC(=O)CCC(C)=O. The Morgan fingerprint density at radius 2 is 2.07 bits per heavy atom. The number of imidazole rings is 1. The van der Waals surface area contributed by atoms with Crippen molar-refractivity contribution in [1.29, 1.82) is 0 Å². The Bertz CT molecular complexity index is 929. The van der Waals surface area contributed by atoms with Crippen LogP contribution in [0.4, 0.5) is 5.82 Å². The third-order valence-electron chi connectivity index (χ3n) is 4.81. The topological polar surface area (TPSA) is 137 Å². The van der Waals surface area contributed by atoms with Gasteiger partial charge in [0.05, 0.1) is 25.4 Å². The fraction of sp³-hybridized carbons (Fsp3) is 0.579. The van der Waals surface area contributed by atoms with Crippen molar-refractivity contribution in [2.75, 3.05) is 18.9 Å². The van der Waals surface area contributed by atoms with Gasteiger partial charge in [0.2, 0.25) is 5.91 Å². The summed E-state index contributed by atoms with van der Waals surface area (Å²) in [6, 6.07) is 0.